The van der Waals surface area contributed by atoms with Crippen molar-refractivity contribution in [3.63, 3.8) is 0 Å². The smallest absolute Gasteiger partial charge is 0.293 e. The van der Waals surface area contributed by atoms with Gasteiger partial charge in [0, 0.05) is 21.9 Å². The van der Waals surface area contributed by atoms with E-state index in [0.29, 0.717) is 34.5 Å². The highest BCUT2D eigenvalue weighted by Gasteiger charge is 2.20. The average molecular weight is 439 g/mol. The van der Waals surface area contributed by atoms with E-state index in [1.165, 1.54) is 11.3 Å². The van der Waals surface area contributed by atoms with Crippen molar-refractivity contribution in [1.82, 2.24) is 4.98 Å². The Labute approximate surface area is 183 Å². The van der Waals surface area contributed by atoms with E-state index < -0.39 is 0 Å². The number of thiazole rings is 1. The minimum Gasteiger partial charge on any atom is -0.497 e. The number of carbonyl (C=O) groups is 1. The summed E-state index contributed by atoms with van der Waals surface area (Å²) in [5, 5.41) is 5.98. The van der Waals surface area contributed by atoms with Crippen molar-refractivity contribution in [2.24, 2.45) is 0 Å². The number of anilines is 1. The Morgan fingerprint density at radius 2 is 1.94 bits per heavy atom. The third-order valence-corrected chi connectivity index (χ3v) is 5.59. The summed E-state index contributed by atoms with van der Waals surface area (Å²) in [5.74, 6) is 1.99. The van der Waals surface area contributed by atoms with Gasteiger partial charge in [-0.1, -0.05) is 0 Å². The molecule has 0 atom stereocenters. The second kappa shape index (κ2) is 8.69. The SMILES string of the molecule is CCOc1ccc2oc(C(=O)Nc3nc(-c4cc(OC)ccc4OC)cs3)c(C)c2c1. The number of nitrogens with zero attached hydrogens (tertiary/aromatic N) is 1. The molecule has 0 aliphatic heterocycles. The fraction of sp³-hybridized carbons (Fsp3) is 0.217. The van der Waals surface area contributed by atoms with Gasteiger partial charge in [0.05, 0.1) is 26.5 Å². The molecule has 4 rings (SSSR count). The summed E-state index contributed by atoms with van der Waals surface area (Å²) in [7, 11) is 3.20. The lowest BCUT2D eigenvalue weighted by molar-refractivity contribution is 0.0998. The van der Waals surface area contributed by atoms with Crippen molar-refractivity contribution >= 4 is 33.3 Å². The number of hydrogen-bond donors (Lipinski definition) is 1. The number of ether oxygens (including phenoxy) is 3. The lowest BCUT2D eigenvalue weighted by Gasteiger charge is -2.08. The van der Waals surface area contributed by atoms with E-state index in [2.05, 4.69) is 10.3 Å². The largest absolute Gasteiger partial charge is 0.497 e. The topological polar surface area (TPSA) is 82.8 Å². The van der Waals surface area contributed by atoms with Crippen LogP contribution in [0.3, 0.4) is 0 Å². The predicted molar refractivity (Wildman–Crippen MR) is 121 cm³/mol. The van der Waals surface area contributed by atoms with Crippen molar-refractivity contribution in [3.8, 4) is 28.5 Å². The van der Waals surface area contributed by atoms with Gasteiger partial charge >= 0.3 is 0 Å². The minimum atomic E-state index is -0.356. The highest BCUT2D eigenvalue weighted by atomic mass is 32.1. The maximum atomic E-state index is 12.9. The molecule has 0 fully saturated rings. The molecular formula is C23H22N2O5S. The van der Waals surface area contributed by atoms with Gasteiger partial charge in [-0.25, -0.2) is 4.98 Å². The van der Waals surface area contributed by atoms with Gasteiger partial charge in [-0.2, -0.15) is 0 Å². The molecule has 2 aromatic heterocycles. The summed E-state index contributed by atoms with van der Waals surface area (Å²) in [4.78, 5) is 17.4. The van der Waals surface area contributed by atoms with Crippen LogP contribution in [0.2, 0.25) is 0 Å². The number of hydrogen-bond acceptors (Lipinski definition) is 7. The number of aromatic nitrogens is 1. The first-order valence-corrected chi connectivity index (χ1v) is 10.6. The molecule has 2 aromatic carbocycles. The van der Waals surface area contributed by atoms with Crippen molar-refractivity contribution in [1.29, 1.82) is 0 Å². The van der Waals surface area contributed by atoms with Crippen LogP contribution in [0, 0.1) is 6.92 Å². The lowest BCUT2D eigenvalue weighted by Crippen LogP contribution is -2.11. The van der Waals surface area contributed by atoms with Crippen LogP contribution in [0.5, 0.6) is 17.2 Å². The number of amides is 1. The van der Waals surface area contributed by atoms with Crippen LogP contribution in [-0.2, 0) is 0 Å². The van der Waals surface area contributed by atoms with Crippen LogP contribution in [-0.4, -0.2) is 31.7 Å². The zero-order chi connectivity index (χ0) is 22.0. The molecule has 31 heavy (non-hydrogen) atoms. The van der Waals surface area contributed by atoms with Gasteiger partial charge in [0.25, 0.3) is 5.91 Å². The van der Waals surface area contributed by atoms with E-state index in [1.807, 2.05) is 49.6 Å². The van der Waals surface area contributed by atoms with Gasteiger partial charge in [0.15, 0.2) is 10.9 Å². The van der Waals surface area contributed by atoms with Crippen LogP contribution >= 0.6 is 11.3 Å². The number of furan rings is 1. The predicted octanol–water partition coefficient (Wildman–Crippen LogP) is 5.53. The average Bonchev–Trinajstić information content (AvgIpc) is 3.38. The molecule has 0 radical (unpaired) electrons. The molecule has 1 N–H and O–H groups in total. The van der Waals surface area contributed by atoms with Gasteiger partial charge in [0.1, 0.15) is 22.8 Å². The van der Waals surface area contributed by atoms with Gasteiger partial charge in [0.2, 0.25) is 0 Å². The molecule has 0 saturated heterocycles. The van der Waals surface area contributed by atoms with Crippen LogP contribution < -0.4 is 19.5 Å². The van der Waals surface area contributed by atoms with Crippen molar-refractivity contribution in [2.45, 2.75) is 13.8 Å². The molecule has 160 valence electrons. The molecule has 2 heterocycles. The summed E-state index contributed by atoms with van der Waals surface area (Å²) in [6.07, 6.45) is 0. The van der Waals surface area contributed by atoms with E-state index in [1.54, 1.807) is 20.3 Å². The minimum absolute atomic E-state index is 0.249. The second-order valence-corrected chi connectivity index (χ2v) is 7.56. The van der Waals surface area contributed by atoms with E-state index in [9.17, 15) is 4.79 Å². The Morgan fingerprint density at radius 1 is 1.13 bits per heavy atom. The molecule has 0 aliphatic rings. The molecule has 0 bridgehead atoms. The first-order chi connectivity index (χ1) is 15.0. The second-order valence-electron chi connectivity index (χ2n) is 6.71. The first-order valence-electron chi connectivity index (χ1n) is 9.69. The third-order valence-electron chi connectivity index (χ3n) is 4.83. The lowest BCUT2D eigenvalue weighted by atomic mass is 10.1. The van der Waals surface area contributed by atoms with E-state index >= 15 is 0 Å². The van der Waals surface area contributed by atoms with Crippen LogP contribution in [0.1, 0.15) is 23.0 Å². The molecule has 0 aliphatic carbocycles. The fourth-order valence-corrected chi connectivity index (χ4v) is 4.00. The molecule has 7 nitrogen and oxygen atoms in total. The summed E-state index contributed by atoms with van der Waals surface area (Å²) in [6.45, 7) is 4.35. The Bertz CT molecular complexity index is 1240. The quantitative estimate of drug-likeness (QED) is 0.408. The summed E-state index contributed by atoms with van der Waals surface area (Å²) in [6, 6.07) is 11.0. The number of fused-ring (bicyclic) bond motifs is 1. The Balaban J connectivity index is 1.59. The van der Waals surface area contributed by atoms with Gasteiger partial charge in [-0.3, -0.25) is 10.1 Å². The Morgan fingerprint density at radius 3 is 2.68 bits per heavy atom. The summed E-state index contributed by atoms with van der Waals surface area (Å²) in [5.41, 5.74) is 2.84. The van der Waals surface area contributed by atoms with Crippen LogP contribution in [0.25, 0.3) is 22.2 Å². The number of benzene rings is 2. The van der Waals surface area contributed by atoms with Gasteiger partial charge in [-0.15, -0.1) is 11.3 Å². The van der Waals surface area contributed by atoms with Gasteiger partial charge in [-0.05, 0) is 50.2 Å². The van der Waals surface area contributed by atoms with Crippen LogP contribution in [0.4, 0.5) is 5.13 Å². The number of rotatable bonds is 7. The molecular weight excluding hydrogens is 416 g/mol. The molecule has 0 saturated carbocycles. The standard InChI is InChI=1S/C23H22N2O5S/c1-5-29-15-7-9-20-16(11-15)13(2)21(30-20)22(26)25-23-24-18(12-31-23)17-10-14(27-3)6-8-19(17)28-4/h6-12H,5H2,1-4H3,(H,24,25,26). The molecule has 0 unspecified atom stereocenters. The van der Waals surface area contributed by atoms with Crippen molar-refractivity contribution in [2.75, 3.05) is 26.1 Å². The first kappa shape index (κ1) is 20.7. The maximum Gasteiger partial charge on any atom is 0.293 e. The highest BCUT2D eigenvalue weighted by Crippen LogP contribution is 2.35. The molecule has 4 aromatic rings. The maximum absolute atomic E-state index is 12.9. The number of methoxy groups -OCH3 is 2. The van der Waals surface area contributed by atoms with E-state index in [4.69, 9.17) is 18.6 Å². The van der Waals surface area contributed by atoms with E-state index in [0.717, 1.165) is 22.3 Å². The number of nitrogens with one attached hydrogen (secondary N) is 1. The van der Waals surface area contributed by atoms with E-state index in [-0.39, 0.29) is 11.7 Å². The van der Waals surface area contributed by atoms with Crippen LogP contribution in [0.15, 0.2) is 46.2 Å². The third kappa shape index (κ3) is 4.06. The molecule has 0 spiro atoms. The van der Waals surface area contributed by atoms with Crippen molar-refractivity contribution in [3.05, 3.63) is 53.1 Å². The monoisotopic (exact) mass is 438 g/mol. The van der Waals surface area contributed by atoms with Crippen molar-refractivity contribution < 1.29 is 23.4 Å². The Hall–Kier alpha value is -3.52. The summed E-state index contributed by atoms with van der Waals surface area (Å²) >= 11 is 1.32. The normalized spacial score (nSPS) is 10.8. The zero-order valence-corrected chi connectivity index (χ0v) is 18.5. The fourth-order valence-electron chi connectivity index (χ4n) is 3.30. The zero-order valence-electron chi connectivity index (χ0n) is 17.6. The number of carbonyl (C=O) groups excluding carboxylic acids is 1. The Kier molecular flexibility index (Phi) is 5.81. The molecule has 8 heteroatoms. The summed E-state index contributed by atoms with van der Waals surface area (Å²) < 4.78 is 22.1. The molecule has 1 amide bonds. The van der Waals surface area contributed by atoms with Gasteiger partial charge < -0.3 is 18.6 Å². The number of aryl methyl sites for hydroxylation is 1. The highest BCUT2D eigenvalue weighted by molar-refractivity contribution is 7.14.